The molecular formula is C15H21NO2S. The summed E-state index contributed by atoms with van der Waals surface area (Å²) >= 11 is 1.43. The number of piperidine rings is 1. The van der Waals surface area contributed by atoms with Crippen LogP contribution in [0.1, 0.15) is 53.1 Å². The fourth-order valence-electron chi connectivity index (χ4n) is 3.70. The number of likely N-dealkylation sites (tertiary alicyclic amines) is 1. The first kappa shape index (κ1) is 13.1. The van der Waals surface area contributed by atoms with Crippen molar-refractivity contribution in [1.82, 2.24) is 4.90 Å². The van der Waals surface area contributed by atoms with Crippen LogP contribution in [-0.4, -0.2) is 28.6 Å². The van der Waals surface area contributed by atoms with Crippen molar-refractivity contribution in [3.05, 3.63) is 21.9 Å². The lowest BCUT2D eigenvalue weighted by atomic mass is 9.78. The fourth-order valence-corrected chi connectivity index (χ4v) is 4.57. The molecule has 1 N–H and O–H groups in total. The highest BCUT2D eigenvalue weighted by atomic mass is 32.1. The Bertz CT molecular complexity index is 455. The Labute approximate surface area is 118 Å². The van der Waals surface area contributed by atoms with E-state index in [2.05, 4.69) is 4.90 Å². The van der Waals surface area contributed by atoms with Gasteiger partial charge in [-0.05, 0) is 50.3 Å². The van der Waals surface area contributed by atoms with Crippen LogP contribution in [0.4, 0.5) is 0 Å². The second-order valence-corrected chi connectivity index (χ2v) is 6.96. The van der Waals surface area contributed by atoms with Gasteiger partial charge in [0.2, 0.25) is 0 Å². The van der Waals surface area contributed by atoms with E-state index in [0.717, 1.165) is 18.5 Å². The van der Waals surface area contributed by atoms with Crippen molar-refractivity contribution in [2.24, 2.45) is 5.92 Å². The van der Waals surface area contributed by atoms with E-state index in [-0.39, 0.29) is 0 Å². The van der Waals surface area contributed by atoms with Gasteiger partial charge in [0.05, 0.1) is 0 Å². The Balaban J connectivity index is 1.68. The minimum atomic E-state index is -0.801. The van der Waals surface area contributed by atoms with E-state index in [4.69, 9.17) is 5.11 Å². The zero-order valence-electron chi connectivity index (χ0n) is 11.2. The molecule has 104 valence electrons. The number of hydrogen-bond acceptors (Lipinski definition) is 3. The molecular weight excluding hydrogens is 258 g/mol. The van der Waals surface area contributed by atoms with E-state index in [1.165, 1.54) is 61.3 Å². The summed E-state index contributed by atoms with van der Waals surface area (Å²) in [5.41, 5.74) is 0. The maximum atomic E-state index is 10.9. The highest BCUT2D eigenvalue weighted by Gasteiger charge is 2.33. The Kier molecular flexibility index (Phi) is 3.89. The third kappa shape index (κ3) is 2.84. The molecule has 0 amide bonds. The molecule has 0 radical (unpaired) electrons. The van der Waals surface area contributed by atoms with E-state index >= 15 is 0 Å². The second kappa shape index (κ2) is 5.63. The zero-order valence-corrected chi connectivity index (χ0v) is 12.0. The highest BCUT2D eigenvalue weighted by Crippen LogP contribution is 2.36. The first-order chi connectivity index (χ1) is 9.24. The maximum absolute atomic E-state index is 10.9. The highest BCUT2D eigenvalue weighted by molar-refractivity contribution is 7.13. The lowest BCUT2D eigenvalue weighted by Gasteiger charge is -2.44. The van der Waals surface area contributed by atoms with Crippen LogP contribution in [0.5, 0.6) is 0 Å². The largest absolute Gasteiger partial charge is 0.477 e. The number of aromatic carboxylic acids is 1. The molecule has 1 aromatic heterocycles. The minimum Gasteiger partial charge on any atom is -0.477 e. The van der Waals surface area contributed by atoms with Crippen molar-refractivity contribution < 1.29 is 9.90 Å². The molecule has 3 rings (SSSR count). The van der Waals surface area contributed by atoms with Gasteiger partial charge < -0.3 is 5.11 Å². The smallest absolute Gasteiger partial charge is 0.345 e. The average Bonchev–Trinajstić information content (AvgIpc) is 2.88. The molecule has 1 aromatic rings. The number of fused-ring (bicyclic) bond motifs is 1. The first-order valence-corrected chi connectivity index (χ1v) is 8.12. The zero-order chi connectivity index (χ0) is 13.2. The van der Waals surface area contributed by atoms with Crippen LogP contribution in [0.15, 0.2) is 12.1 Å². The summed E-state index contributed by atoms with van der Waals surface area (Å²) in [6.45, 7) is 2.13. The average molecular weight is 279 g/mol. The summed E-state index contributed by atoms with van der Waals surface area (Å²) in [6, 6.07) is 4.48. The van der Waals surface area contributed by atoms with Gasteiger partial charge in [0.15, 0.2) is 0 Å². The Hall–Kier alpha value is -0.870. The predicted molar refractivity (Wildman–Crippen MR) is 76.7 cm³/mol. The molecule has 2 unspecified atom stereocenters. The summed E-state index contributed by atoms with van der Waals surface area (Å²) in [7, 11) is 0. The molecule has 4 heteroatoms. The molecule has 0 aromatic carbocycles. The summed E-state index contributed by atoms with van der Waals surface area (Å²) in [5, 5.41) is 8.99. The Morgan fingerprint density at radius 3 is 2.84 bits per heavy atom. The number of thiophene rings is 1. The van der Waals surface area contributed by atoms with Gasteiger partial charge in [-0.2, -0.15) is 0 Å². The summed E-state index contributed by atoms with van der Waals surface area (Å²) in [6.07, 6.45) is 8.19. The van der Waals surface area contributed by atoms with Gasteiger partial charge in [-0.3, -0.25) is 4.90 Å². The summed E-state index contributed by atoms with van der Waals surface area (Å²) in [5.74, 6) is 0.0897. The molecule has 0 bridgehead atoms. The van der Waals surface area contributed by atoms with Crippen LogP contribution in [0.3, 0.4) is 0 Å². The lowest BCUT2D eigenvalue weighted by Crippen LogP contribution is -2.46. The number of rotatable bonds is 3. The van der Waals surface area contributed by atoms with Gasteiger partial charge in [0, 0.05) is 17.5 Å². The van der Waals surface area contributed by atoms with Gasteiger partial charge in [0.25, 0.3) is 0 Å². The normalized spacial score (nSPS) is 28.0. The molecule has 2 aliphatic rings. The van der Waals surface area contributed by atoms with Crippen molar-refractivity contribution in [1.29, 1.82) is 0 Å². The van der Waals surface area contributed by atoms with E-state index in [1.54, 1.807) is 6.07 Å². The molecule has 1 aliphatic carbocycles. The van der Waals surface area contributed by atoms with Gasteiger partial charge in [0.1, 0.15) is 4.88 Å². The molecule has 2 fully saturated rings. The molecule has 19 heavy (non-hydrogen) atoms. The maximum Gasteiger partial charge on any atom is 0.345 e. The topological polar surface area (TPSA) is 40.5 Å². The van der Waals surface area contributed by atoms with Crippen LogP contribution < -0.4 is 0 Å². The van der Waals surface area contributed by atoms with E-state index < -0.39 is 5.97 Å². The van der Waals surface area contributed by atoms with Crippen molar-refractivity contribution in [2.45, 2.75) is 51.1 Å². The SMILES string of the molecule is O=C(O)c1ccc(CN2CCCC3CCCCC32)s1. The molecule has 1 saturated heterocycles. The van der Waals surface area contributed by atoms with E-state index in [0.29, 0.717) is 4.88 Å². The molecule has 3 nitrogen and oxygen atoms in total. The van der Waals surface area contributed by atoms with Crippen LogP contribution in [0.25, 0.3) is 0 Å². The van der Waals surface area contributed by atoms with Crippen LogP contribution in [0.2, 0.25) is 0 Å². The third-order valence-electron chi connectivity index (χ3n) is 4.59. The molecule has 1 saturated carbocycles. The van der Waals surface area contributed by atoms with Crippen molar-refractivity contribution in [2.75, 3.05) is 6.54 Å². The number of carboxylic acids is 1. The number of carboxylic acid groups (broad SMARTS) is 1. The van der Waals surface area contributed by atoms with Crippen molar-refractivity contribution in [3.8, 4) is 0 Å². The van der Waals surface area contributed by atoms with Gasteiger partial charge in [-0.1, -0.05) is 12.8 Å². The van der Waals surface area contributed by atoms with Crippen molar-refractivity contribution in [3.63, 3.8) is 0 Å². The fraction of sp³-hybridized carbons (Fsp3) is 0.667. The van der Waals surface area contributed by atoms with Crippen LogP contribution in [0, 0.1) is 5.92 Å². The van der Waals surface area contributed by atoms with E-state index in [1.807, 2.05) is 6.07 Å². The summed E-state index contributed by atoms with van der Waals surface area (Å²) < 4.78 is 0. The van der Waals surface area contributed by atoms with Crippen molar-refractivity contribution >= 4 is 17.3 Å². The number of carbonyl (C=O) groups is 1. The molecule has 2 atom stereocenters. The number of nitrogens with zero attached hydrogens (tertiary/aromatic N) is 1. The first-order valence-electron chi connectivity index (χ1n) is 7.30. The Morgan fingerprint density at radius 1 is 1.26 bits per heavy atom. The Morgan fingerprint density at radius 2 is 2.05 bits per heavy atom. The monoisotopic (exact) mass is 279 g/mol. The standard InChI is InChI=1S/C15H21NO2S/c17-15(18)14-8-7-12(19-14)10-16-9-3-5-11-4-1-2-6-13(11)16/h7-8,11,13H,1-6,9-10H2,(H,17,18). The van der Waals surface area contributed by atoms with Gasteiger partial charge in [-0.15, -0.1) is 11.3 Å². The quantitative estimate of drug-likeness (QED) is 0.919. The number of hydrogen-bond donors (Lipinski definition) is 1. The van der Waals surface area contributed by atoms with Gasteiger partial charge in [-0.25, -0.2) is 4.79 Å². The minimum absolute atomic E-state index is 0.465. The van der Waals surface area contributed by atoms with Crippen LogP contribution in [-0.2, 0) is 6.54 Å². The molecule has 2 heterocycles. The van der Waals surface area contributed by atoms with Gasteiger partial charge >= 0.3 is 5.97 Å². The molecule has 0 spiro atoms. The lowest BCUT2D eigenvalue weighted by molar-refractivity contribution is 0.0555. The third-order valence-corrected chi connectivity index (χ3v) is 5.65. The molecule has 1 aliphatic heterocycles. The summed E-state index contributed by atoms with van der Waals surface area (Å²) in [4.78, 5) is 15.2. The predicted octanol–water partition coefficient (Wildman–Crippen LogP) is 3.60. The second-order valence-electron chi connectivity index (χ2n) is 5.80. The van der Waals surface area contributed by atoms with Crippen LogP contribution >= 0.6 is 11.3 Å². The van der Waals surface area contributed by atoms with E-state index in [9.17, 15) is 4.79 Å².